The first-order chi connectivity index (χ1) is 11.2. The van der Waals surface area contributed by atoms with Crippen molar-refractivity contribution in [1.29, 1.82) is 0 Å². The molecular formula is C17H22N2O4. The summed E-state index contributed by atoms with van der Waals surface area (Å²) in [5.74, 6) is 1.04. The summed E-state index contributed by atoms with van der Waals surface area (Å²) in [5.41, 5.74) is 6.95. The Balaban J connectivity index is 2.11. The number of ether oxygens (including phenoxy) is 2. The highest BCUT2D eigenvalue weighted by molar-refractivity contribution is 5.94. The molecule has 6 heteroatoms. The summed E-state index contributed by atoms with van der Waals surface area (Å²) in [6.07, 6.45) is 3.95. The lowest BCUT2D eigenvalue weighted by Gasteiger charge is -2.17. The molecule has 1 amide bonds. The average molecular weight is 318 g/mol. The van der Waals surface area contributed by atoms with Crippen LogP contribution in [0.1, 0.15) is 22.3 Å². The molecule has 0 saturated heterocycles. The molecule has 0 aliphatic rings. The van der Waals surface area contributed by atoms with Crippen molar-refractivity contribution in [2.45, 2.75) is 13.0 Å². The molecule has 0 atom stereocenters. The summed E-state index contributed by atoms with van der Waals surface area (Å²) >= 11 is 0. The first-order valence-electron chi connectivity index (χ1n) is 7.43. The summed E-state index contributed by atoms with van der Waals surface area (Å²) in [6.45, 7) is 1.51. The van der Waals surface area contributed by atoms with Crippen LogP contribution in [0.4, 0.5) is 0 Å². The van der Waals surface area contributed by atoms with Gasteiger partial charge in [0.2, 0.25) is 0 Å². The Morgan fingerprint density at radius 1 is 1.30 bits per heavy atom. The van der Waals surface area contributed by atoms with Gasteiger partial charge in [0, 0.05) is 24.7 Å². The Bertz CT molecular complexity index is 626. The number of carbonyl (C=O) groups is 1. The molecule has 0 fully saturated rings. The van der Waals surface area contributed by atoms with Gasteiger partial charge in [0.1, 0.15) is 0 Å². The number of nitrogens with two attached hydrogens (primary N) is 1. The minimum atomic E-state index is -0.0995. The van der Waals surface area contributed by atoms with E-state index in [1.807, 2.05) is 6.07 Å². The minimum Gasteiger partial charge on any atom is -0.493 e. The van der Waals surface area contributed by atoms with E-state index in [4.69, 9.17) is 19.6 Å². The number of amides is 1. The van der Waals surface area contributed by atoms with Crippen LogP contribution in [0.2, 0.25) is 0 Å². The number of carbonyl (C=O) groups excluding carboxylic acids is 1. The molecule has 23 heavy (non-hydrogen) atoms. The lowest BCUT2D eigenvalue weighted by molar-refractivity contribution is 0.0784. The fourth-order valence-electron chi connectivity index (χ4n) is 2.14. The molecule has 0 spiro atoms. The maximum atomic E-state index is 12.5. The van der Waals surface area contributed by atoms with Crippen molar-refractivity contribution in [1.82, 2.24) is 4.90 Å². The van der Waals surface area contributed by atoms with Crippen molar-refractivity contribution < 1.29 is 18.7 Å². The zero-order valence-corrected chi connectivity index (χ0v) is 13.5. The molecule has 0 unspecified atom stereocenters. The fourth-order valence-corrected chi connectivity index (χ4v) is 2.14. The molecule has 2 rings (SSSR count). The Kier molecular flexibility index (Phi) is 6.05. The monoisotopic (exact) mass is 318 g/mol. The molecule has 0 saturated carbocycles. The van der Waals surface area contributed by atoms with Gasteiger partial charge in [-0.25, -0.2) is 0 Å². The molecule has 0 bridgehead atoms. The average Bonchev–Trinajstić information content (AvgIpc) is 3.07. The van der Waals surface area contributed by atoms with Crippen molar-refractivity contribution in [2.75, 3.05) is 27.3 Å². The first kappa shape index (κ1) is 16.9. The van der Waals surface area contributed by atoms with Crippen molar-refractivity contribution in [2.24, 2.45) is 5.73 Å². The van der Waals surface area contributed by atoms with E-state index in [2.05, 4.69) is 0 Å². The van der Waals surface area contributed by atoms with Crippen LogP contribution in [-0.2, 0) is 6.54 Å². The lowest BCUT2D eigenvalue weighted by Crippen LogP contribution is -2.26. The van der Waals surface area contributed by atoms with Gasteiger partial charge in [-0.2, -0.15) is 0 Å². The van der Waals surface area contributed by atoms with Gasteiger partial charge in [0.15, 0.2) is 11.5 Å². The Morgan fingerprint density at radius 3 is 2.78 bits per heavy atom. The van der Waals surface area contributed by atoms with Gasteiger partial charge in [-0.3, -0.25) is 4.79 Å². The summed E-state index contributed by atoms with van der Waals surface area (Å²) in [4.78, 5) is 14.2. The number of nitrogens with zero attached hydrogens (tertiary/aromatic N) is 1. The van der Waals surface area contributed by atoms with E-state index in [-0.39, 0.29) is 5.91 Å². The molecule has 1 aromatic carbocycles. The Hall–Kier alpha value is -2.47. The molecule has 0 aliphatic carbocycles. The third kappa shape index (κ3) is 4.50. The molecule has 2 aromatic rings. The number of methoxy groups -OCH3 is 1. The van der Waals surface area contributed by atoms with Gasteiger partial charge in [-0.05, 0) is 37.2 Å². The van der Waals surface area contributed by atoms with Crippen LogP contribution >= 0.6 is 0 Å². The standard InChI is InChI=1S/C17H22N2O4/c1-19(11-13-6-9-22-12-13)17(20)14-4-5-15(21-2)16(10-14)23-8-3-7-18/h4-6,9-10,12H,3,7-8,11,18H2,1-2H3. The number of hydrogen-bond donors (Lipinski definition) is 1. The lowest BCUT2D eigenvalue weighted by atomic mass is 10.1. The van der Waals surface area contributed by atoms with Crippen LogP contribution in [0.5, 0.6) is 11.5 Å². The fraction of sp³-hybridized carbons (Fsp3) is 0.353. The number of hydrogen-bond acceptors (Lipinski definition) is 5. The maximum absolute atomic E-state index is 12.5. The third-order valence-electron chi connectivity index (χ3n) is 3.36. The van der Waals surface area contributed by atoms with E-state index >= 15 is 0 Å². The van der Waals surface area contributed by atoms with Gasteiger partial charge in [0.05, 0.1) is 26.2 Å². The van der Waals surface area contributed by atoms with Crippen LogP contribution in [0.25, 0.3) is 0 Å². The normalized spacial score (nSPS) is 10.4. The van der Waals surface area contributed by atoms with Gasteiger partial charge < -0.3 is 24.5 Å². The van der Waals surface area contributed by atoms with Crippen molar-refractivity contribution in [3.8, 4) is 11.5 Å². The third-order valence-corrected chi connectivity index (χ3v) is 3.36. The molecule has 0 aliphatic heterocycles. The highest BCUT2D eigenvalue weighted by Crippen LogP contribution is 2.28. The van der Waals surface area contributed by atoms with E-state index < -0.39 is 0 Å². The summed E-state index contributed by atoms with van der Waals surface area (Å²) in [6, 6.07) is 6.99. The quantitative estimate of drug-likeness (QED) is 0.756. The molecule has 2 N–H and O–H groups in total. The largest absolute Gasteiger partial charge is 0.493 e. The van der Waals surface area contributed by atoms with E-state index in [9.17, 15) is 4.79 Å². The number of furan rings is 1. The minimum absolute atomic E-state index is 0.0995. The summed E-state index contributed by atoms with van der Waals surface area (Å²) in [7, 11) is 3.31. The summed E-state index contributed by atoms with van der Waals surface area (Å²) in [5, 5.41) is 0. The molecule has 124 valence electrons. The maximum Gasteiger partial charge on any atom is 0.254 e. The van der Waals surface area contributed by atoms with Crippen molar-refractivity contribution in [3.63, 3.8) is 0 Å². The second-order valence-electron chi connectivity index (χ2n) is 5.15. The van der Waals surface area contributed by atoms with Gasteiger partial charge in [0.25, 0.3) is 5.91 Å². The number of benzene rings is 1. The van der Waals surface area contributed by atoms with Crippen LogP contribution < -0.4 is 15.2 Å². The number of rotatable bonds is 8. The molecule has 1 aromatic heterocycles. The second kappa shape index (κ2) is 8.24. The second-order valence-corrected chi connectivity index (χ2v) is 5.15. The topological polar surface area (TPSA) is 77.9 Å². The Morgan fingerprint density at radius 2 is 2.13 bits per heavy atom. The highest BCUT2D eigenvalue weighted by atomic mass is 16.5. The van der Waals surface area contributed by atoms with Crippen LogP contribution in [0, 0.1) is 0 Å². The van der Waals surface area contributed by atoms with E-state index in [0.29, 0.717) is 36.8 Å². The first-order valence-corrected chi connectivity index (χ1v) is 7.43. The van der Waals surface area contributed by atoms with E-state index in [1.165, 1.54) is 0 Å². The van der Waals surface area contributed by atoms with E-state index in [0.717, 1.165) is 12.0 Å². The molecular weight excluding hydrogens is 296 g/mol. The van der Waals surface area contributed by atoms with Gasteiger partial charge in [-0.1, -0.05) is 0 Å². The molecule has 0 radical (unpaired) electrons. The summed E-state index contributed by atoms with van der Waals surface area (Å²) < 4.78 is 15.9. The van der Waals surface area contributed by atoms with Gasteiger partial charge >= 0.3 is 0 Å². The SMILES string of the molecule is COc1ccc(C(=O)N(C)Cc2ccoc2)cc1OCCCN. The molecule has 6 nitrogen and oxygen atoms in total. The van der Waals surface area contributed by atoms with Crippen molar-refractivity contribution >= 4 is 5.91 Å². The van der Waals surface area contributed by atoms with Gasteiger partial charge in [-0.15, -0.1) is 0 Å². The van der Waals surface area contributed by atoms with Crippen LogP contribution in [0.3, 0.4) is 0 Å². The molecule has 1 heterocycles. The Labute approximate surface area is 135 Å². The predicted octanol–water partition coefficient (Wildman–Crippen LogP) is 2.29. The van der Waals surface area contributed by atoms with Crippen LogP contribution in [-0.4, -0.2) is 38.1 Å². The predicted molar refractivity (Wildman–Crippen MR) is 86.7 cm³/mol. The zero-order chi connectivity index (χ0) is 16.7. The van der Waals surface area contributed by atoms with Crippen LogP contribution in [0.15, 0.2) is 41.2 Å². The highest BCUT2D eigenvalue weighted by Gasteiger charge is 2.15. The smallest absolute Gasteiger partial charge is 0.254 e. The van der Waals surface area contributed by atoms with Crippen molar-refractivity contribution in [3.05, 3.63) is 47.9 Å². The zero-order valence-electron chi connectivity index (χ0n) is 13.5. The van der Waals surface area contributed by atoms with E-state index in [1.54, 1.807) is 49.8 Å².